The smallest absolute Gasteiger partial charge is 0.240 e. The van der Waals surface area contributed by atoms with Crippen LogP contribution < -0.4 is 10.0 Å². The van der Waals surface area contributed by atoms with Crippen LogP contribution in [0.15, 0.2) is 23.1 Å². The molecule has 1 heterocycles. The molecule has 8 heteroatoms. The van der Waals surface area contributed by atoms with Crippen LogP contribution in [0.25, 0.3) is 0 Å². The number of β-amino-alcohol motifs (C(OH)–C–C–N with tert-alkyl or cyclic N) is 1. The molecule has 3 N–H and O–H groups in total. The van der Waals surface area contributed by atoms with E-state index in [4.69, 9.17) is 0 Å². The summed E-state index contributed by atoms with van der Waals surface area (Å²) in [7, 11) is -3.98. The van der Waals surface area contributed by atoms with E-state index in [0.717, 1.165) is 25.1 Å². The van der Waals surface area contributed by atoms with E-state index < -0.39 is 27.3 Å². The Morgan fingerprint density at radius 1 is 1.35 bits per heavy atom. The Hall–Kier alpha value is -1.09. The van der Waals surface area contributed by atoms with Gasteiger partial charge in [0.15, 0.2) is 11.6 Å². The van der Waals surface area contributed by atoms with E-state index in [1.165, 1.54) is 0 Å². The third-order valence-corrected chi connectivity index (χ3v) is 4.64. The van der Waals surface area contributed by atoms with Crippen molar-refractivity contribution in [2.24, 2.45) is 0 Å². The Labute approximate surface area is 116 Å². The molecule has 1 saturated heterocycles. The Kier molecular flexibility index (Phi) is 4.38. The van der Waals surface area contributed by atoms with Gasteiger partial charge in [0.2, 0.25) is 10.0 Å². The summed E-state index contributed by atoms with van der Waals surface area (Å²) in [5.74, 6) is -2.34. The Bertz CT molecular complexity index is 586. The summed E-state index contributed by atoms with van der Waals surface area (Å²) >= 11 is 0. The minimum absolute atomic E-state index is 0.179. The Balaban J connectivity index is 2.09. The zero-order chi connectivity index (χ0) is 14.8. The molecular formula is C12H16F2N2O3S. The lowest BCUT2D eigenvalue weighted by Gasteiger charge is -2.32. The second-order valence-corrected chi connectivity index (χ2v) is 6.67. The van der Waals surface area contributed by atoms with Crippen molar-refractivity contribution >= 4 is 10.0 Å². The SMILES string of the molecule is O=S(=O)(NC[C@@]1(O)CCCNC1)c1ccc(F)c(F)c1. The molecule has 1 aliphatic heterocycles. The van der Waals surface area contributed by atoms with Crippen molar-refractivity contribution in [2.75, 3.05) is 19.6 Å². The molecule has 0 unspecified atom stereocenters. The summed E-state index contributed by atoms with van der Waals surface area (Å²) in [4.78, 5) is -0.372. The number of piperidine rings is 1. The number of rotatable bonds is 4. The summed E-state index contributed by atoms with van der Waals surface area (Å²) in [5, 5.41) is 13.1. The quantitative estimate of drug-likeness (QED) is 0.750. The first-order chi connectivity index (χ1) is 9.32. The summed E-state index contributed by atoms with van der Waals surface area (Å²) in [6, 6.07) is 2.34. The Morgan fingerprint density at radius 3 is 2.70 bits per heavy atom. The lowest BCUT2D eigenvalue weighted by Crippen LogP contribution is -2.52. The summed E-state index contributed by atoms with van der Waals surface area (Å²) in [6.07, 6.45) is 1.21. The maximum absolute atomic E-state index is 13.1. The van der Waals surface area contributed by atoms with Crippen molar-refractivity contribution in [3.8, 4) is 0 Å². The minimum Gasteiger partial charge on any atom is -0.387 e. The highest BCUT2D eigenvalue weighted by molar-refractivity contribution is 7.89. The molecule has 0 aliphatic carbocycles. The highest BCUT2D eigenvalue weighted by Gasteiger charge is 2.31. The van der Waals surface area contributed by atoms with E-state index in [1.54, 1.807) is 0 Å². The average molecular weight is 306 g/mol. The van der Waals surface area contributed by atoms with Gasteiger partial charge in [0, 0.05) is 13.1 Å². The molecule has 1 aromatic rings. The number of aliphatic hydroxyl groups is 1. The van der Waals surface area contributed by atoms with Crippen LogP contribution in [0.2, 0.25) is 0 Å². The van der Waals surface area contributed by atoms with Gasteiger partial charge in [-0.3, -0.25) is 0 Å². The fraction of sp³-hybridized carbons (Fsp3) is 0.500. The molecule has 1 fully saturated rings. The molecule has 0 spiro atoms. The minimum atomic E-state index is -3.98. The third-order valence-electron chi connectivity index (χ3n) is 3.24. The van der Waals surface area contributed by atoms with Crippen LogP contribution in [0.4, 0.5) is 8.78 Å². The van der Waals surface area contributed by atoms with Crippen molar-refractivity contribution in [1.29, 1.82) is 0 Å². The van der Waals surface area contributed by atoms with Crippen LogP contribution in [-0.2, 0) is 10.0 Å². The molecular weight excluding hydrogens is 290 g/mol. The molecule has 0 radical (unpaired) electrons. The molecule has 20 heavy (non-hydrogen) atoms. The first kappa shape index (κ1) is 15.3. The zero-order valence-corrected chi connectivity index (χ0v) is 11.5. The van der Waals surface area contributed by atoms with Gasteiger partial charge in [-0.1, -0.05) is 0 Å². The van der Waals surface area contributed by atoms with Crippen molar-refractivity contribution in [1.82, 2.24) is 10.0 Å². The highest BCUT2D eigenvalue weighted by Crippen LogP contribution is 2.17. The average Bonchev–Trinajstić information content (AvgIpc) is 2.41. The van der Waals surface area contributed by atoms with Gasteiger partial charge in [0.05, 0.1) is 10.5 Å². The molecule has 0 amide bonds. The number of halogens is 2. The summed E-state index contributed by atoms with van der Waals surface area (Å²) < 4.78 is 52.0. The fourth-order valence-electron chi connectivity index (χ4n) is 2.06. The maximum atomic E-state index is 13.1. The first-order valence-electron chi connectivity index (χ1n) is 6.20. The predicted molar refractivity (Wildman–Crippen MR) is 68.6 cm³/mol. The fourth-order valence-corrected chi connectivity index (χ4v) is 3.19. The van der Waals surface area contributed by atoms with E-state index >= 15 is 0 Å². The standard InChI is InChI=1S/C12H16F2N2O3S/c13-10-3-2-9(6-11(10)14)20(18,19)16-8-12(17)4-1-5-15-7-12/h2-3,6,15-17H,1,4-5,7-8H2/t12-/m1/s1. The Morgan fingerprint density at radius 2 is 2.10 bits per heavy atom. The largest absolute Gasteiger partial charge is 0.387 e. The van der Waals surface area contributed by atoms with Crippen LogP contribution in [0.1, 0.15) is 12.8 Å². The summed E-state index contributed by atoms with van der Waals surface area (Å²) in [5.41, 5.74) is -1.16. The molecule has 112 valence electrons. The van der Waals surface area contributed by atoms with Gasteiger partial charge in [-0.05, 0) is 37.6 Å². The van der Waals surface area contributed by atoms with Crippen molar-refractivity contribution < 1.29 is 22.3 Å². The van der Waals surface area contributed by atoms with E-state index in [2.05, 4.69) is 10.0 Å². The number of benzene rings is 1. The van der Waals surface area contributed by atoms with Crippen molar-refractivity contribution in [3.63, 3.8) is 0 Å². The molecule has 0 bridgehead atoms. The van der Waals surface area contributed by atoms with Gasteiger partial charge >= 0.3 is 0 Å². The van der Waals surface area contributed by atoms with Crippen LogP contribution in [-0.4, -0.2) is 38.8 Å². The van der Waals surface area contributed by atoms with Gasteiger partial charge < -0.3 is 10.4 Å². The highest BCUT2D eigenvalue weighted by atomic mass is 32.2. The maximum Gasteiger partial charge on any atom is 0.240 e. The van der Waals surface area contributed by atoms with Gasteiger partial charge in [-0.25, -0.2) is 21.9 Å². The van der Waals surface area contributed by atoms with Crippen molar-refractivity contribution in [3.05, 3.63) is 29.8 Å². The van der Waals surface area contributed by atoms with Gasteiger partial charge in [0.25, 0.3) is 0 Å². The van der Waals surface area contributed by atoms with E-state index in [1.807, 2.05) is 0 Å². The molecule has 2 rings (SSSR count). The second kappa shape index (κ2) is 5.72. The van der Waals surface area contributed by atoms with E-state index in [9.17, 15) is 22.3 Å². The summed E-state index contributed by atoms with van der Waals surface area (Å²) in [6.45, 7) is 0.882. The molecule has 1 aliphatic rings. The van der Waals surface area contributed by atoms with E-state index in [-0.39, 0.29) is 18.0 Å². The third kappa shape index (κ3) is 3.51. The van der Waals surface area contributed by atoms with E-state index in [0.29, 0.717) is 12.5 Å². The second-order valence-electron chi connectivity index (χ2n) is 4.91. The predicted octanol–water partition coefficient (Wildman–Crippen LogP) is 0.358. The number of sulfonamides is 1. The normalized spacial score (nSPS) is 23.8. The molecule has 0 aromatic heterocycles. The lowest BCUT2D eigenvalue weighted by atomic mass is 9.95. The van der Waals surface area contributed by atoms with Crippen molar-refractivity contribution in [2.45, 2.75) is 23.3 Å². The van der Waals surface area contributed by atoms with Crippen LogP contribution in [0.5, 0.6) is 0 Å². The first-order valence-corrected chi connectivity index (χ1v) is 7.69. The van der Waals surface area contributed by atoms with Gasteiger partial charge in [-0.2, -0.15) is 0 Å². The topological polar surface area (TPSA) is 78.4 Å². The number of nitrogens with one attached hydrogen (secondary N) is 2. The molecule has 0 saturated carbocycles. The molecule has 1 aromatic carbocycles. The number of hydrogen-bond acceptors (Lipinski definition) is 4. The monoisotopic (exact) mass is 306 g/mol. The van der Waals surface area contributed by atoms with Crippen LogP contribution in [0, 0.1) is 11.6 Å². The van der Waals surface area contributed by atoms with Crippen LogP contribution >= 0.6 is 0 Å². The molecule has 1 atom stereocenters. The lowest BCUT2D eigenvalue weighted by molar-refractivity contribution is 0.0218. The van der Waals surface area contributed by atoms with Gasteiger partial charge in [-0.15, -0.1) is 0 Å². The van der Waals surface area contributed by atoms with Gasteiger partial charge in [0.1, 0.15) is 0 Å². The molecule has 5 nitrogen and oxygen atoms in total. The zero-order valence-electron chi connectivity index (χ0n) is 10.7. The van der Waals surface area contributed by atoms with Crippen LogP contribution in [0.3, 0.4) is 0 Å². The number of hydrogen-bond donors (Lipinski definition) is 3.